The summed E-state index contributed by atoms with van der Waals surface area (Å²) in [6.45, 7) is 3.88. The van der Waals surface area contributed by atoms with Gasteiger partial charge in [0.15, 0.2) is 11.5 Å². The Bertz CT molecular complexity index is 644. The molecule has 2 rings (SSSR count). The van der Waals surface area contributed by atoms with Crippen molar-refractivity contribution in [2.75, 3.05) is 5.32 Å². The number of carbonyl (C=O) groups is 1. The Morgan fingerprint density at radius 2 is 2.00 bits per heavy atom. The van der Waals surface area contributed by atoms with E-state index in [4.69, 9.17) is 16.7 Å². The van der Waals surface area contributed by atoms with Crippen LogP contribution in [0.4, 0.5) is 5.82 Å². The molecule has 0 atom stereocenters. The fourth-order valence-corrected chi connectivity index (χ4v) is 1.91. The summed E-state index contributed by atoms with van der Waals surface area (Å²) in [5.74, 6) is -0.353. The van der Waals surface area contributed by atoms with Gasteiger partial charge in [-0.25, -0.2) is 14.8 Å². The first-order valence-electron chi connectivity index (χ1n) is 6.11. The Kier molecular flexibility index (Phi) is 4.20. The molecule has 0 spiro atoms. The van der Waals surface area contributed by atoms with Crippen LogP contribution in [0.25, 0.3) is 11.4 Å². The van der Waals surface area contributed by atoms with E-state index < -0.39 is 5.97 Å². The molecule has 1 heterocycles. The molecule has 0 saturated heterocycles. The fraction of sp³-hybridized carbons (Fsp3) is 0.214. The number of carboxylic acid groups (broad SMARTS) is 1. The van der Waals surface area contributed by atoms with Crippen molar-refractivity contribution in [3.05, 3.63) is 41.0 Å². The van der Waals surface area contributed by atoms with Crippen LogP contribution in [0.2, 0.25) is 5.02 Å². The Morgan fingerprint density at radius 1 is 1.30 bits per heavy atom. The van der Waals surface area contributed by atoms with Gasteiger partial charge in [-0.05, 0) is 26.0 Å². The summed E-state index contributed by atoms with van der Waals surface area (Å²) in [5, 5.41) is 12.7. The summed E-state index contributed by atoms with van der Waals surface area (Å²) >= 11 is 6.10. The van der Waals surface area contributed by atoms with E-state index >= 15 is 0 Å². The van der Waals surface area contributed by atoms with Crippen LogP contribution in [0.1, 0.15) is 24.3 Å². The number of carboxylic acids is 1. The van der Waals surface area contributed by atoms with E-state index in [0.717, 1.165) is 0 Å². The molecule has 104 valence electrons. The molecule has 20 heavy (non-hydrogen) atoms. The summed E-state index contributed by atoms with van der Waals surface area (Å²) < 4.78 is 0. The van der Waals surface area contributed by atoms with Crippen LogP contribution in [-0.4, -0.2) is 27.1 Å². The van der Waals surface area contributed by atoms with Crippen LogP contribution < -0.4 is 5.32 Å². The highest BCUT2D eigenvalue weighted by Crippen LogP contribution is 2.26. The monoisotopic (exact) mass is 291 g/mol. The highest BCUT2D eigenvalue weighted by molar-refractivity contribution is 6.33. The number of nitrogens with zero attached hydrogens (tertiary/aromatic N) is 2. The maximum atomic E-state index is 11.2. The molecule has 0 aliphatic carbocycles. The Labute approximate surface area is 121 Å². The SMILES string of the molecule is CC(C)Nc1cc(C(=O)O)nc(-c2ccccc2Cl)n1. The van der Waals surface area contributed by atoms with Gasteiger partial charge >= 0.3 is 5.97 Å². The Balaban J connectivity index is 2.55. The number of nitrogens with one attached hydrogen (secondary N) is 1. The van der Waals surface area contributed by atoms with E-state index in [2.05, 4.69) is 15.3 Å². The van der Waals surface area contributed by atoms with Crippen molar-refractivity contribution in [3.63, 3.8) is 0 Å². The van der Waals surface area contributed by atoms with E-state index in [1.54, 1.807) is 24.3 Å². The standard InChI is InChI=1S/C14H14ClN3O2/c1-8(2)16-12-7-11(14(19)20)17-13(18-12)9-5-3-4-6-10(9)15/h3-8H,1-2H3,(H,19,20)(H,16,17,18). The van der Waals surface area contributed by atoms with Crippen molar-refractivity contribution in [1.82, 2.24) is 9.97 Å². The molecular formula is C14H14ClN3O2. The normalized spacial score (nSPS) is 10.6. The van der Waals surface area contributed by atoms with Crippen LogP contribution in [0.3, 0.4) is 0 Å². The van der Waals surface area contributed by atoms with Crippen LogP contribution in [0.15, 0.2) is 30.3 Å². The van der Waals surface area contributed by atoms with Gasteiger partial charge in [0, 0.05) is 17.7 Å². The molecule has 0 fully saturated rings. The molecule has 0 aliphatic heterocycles. The number of hydrogen-bond donors (Lipinski definition) is 2. The quantitative estimate of drug-likeness (QED) is 0.904. The number of anilines is 1. The van der Waals surface area contributed by atoms with Crippen molar-refractivity contribution in [3.8, 4) is 11.4 Å². The highest BCUT2D eigenvalue weighted by Gasteiger charge is 2.14. The minimum Gasteiger partial charge on any atom is -0.477 e. The van der Waals surface area contributed by atoms with Crippen molar-refractivity contribution in [2.45, 2.75) is 19.9 Å². The van der Waals surface area contributed by atoms with Crippen molar-refractivity contribution >= 4 is 23.4 Å². The van der Waals surface area contributed by atoms with E-state index in [1.165, 1.54) is 6.07 Å². The lowest BCUT2D eigenvalue weighted by molar-refractivity contribution is 0.0690. The largest absolute Gasteiger partial charge is 0.477 e. The predicted octanol–water partition coefficient (Wildman–Crippen LogP) is 3.32. The van der Waals surface area contributed by atoms with Crippen LogP contribution in [-0.2, 0) is 0 Å². The molecular weight excluding hydrogens is 278 g/mol. The van der Waals surface area contributed by atoms with Gasteiger partial charge in [0.2, 0.25) is 0 Å². The summed E-state index contributed by atoms with van der Waals surface area (Å²) in [6.07, 6.45) is 0. The molecule has 0 aliphatic rings. The second-order valence-corrected chi connectivity index (χ2v) is 4.95. The molecule has 0 radical (unpaired) electrons. The average molecular weight is 292 g/mol. The summed E-state index contributed by atoms with van der Waals surface area (Å²) in [4.78, 5) is 19.5. The van der Waals surface area contributed by atoms with Gasteiger partial charge in [-0.15, -0.1) is 0 Å². The lowest BCUT2D eigenvalue weighted by Crippen LogP contribution is -2.13. The second kappa shape index (κ2) is 5.88. The molecule has 2 N–H and O–H groups in total. The molecule has 0 amide bonds. The van der Waals surface area contributed by atoms with E-state index in [0.29, 0.717) is 22.2 Å². The number of halogens is 1. The van der Waals surface area contributed by atoms with Crippen molar-refractivity contribution < 1.29 is 9.90 Å². The maximum absolute atomic E-state index is 11.2. The van der Waals surface area contributed by atoms with Crippen LogP contribution >= 0.6 is 11.6 Å². The third kappa shape index (κ3) is 3.24. The first-order chi connectivity index (χ1) is 9.47. The number of rotatable bonds is 4. The smallest absolute Gasteiger partial charge is 0.354 e. The van der Waals surface area contributed by atoms with Gasteiger partial charge in [-0.2, -0.15) is 0 Å². The van der Waals surface area contributed by atoms with Gasteiger partial charge in [-0.1, -0.05) is 23.7 Å². The molecule has 0 saturated carbocycles. The number of hydrogen-bond acceptors (Lipinski definition) is 4. The Hall–Kier alpha value is -2.14. The Morgan fingerprint density at radius 3 is 2.60 bits per heavy atom. The topological polar surface area (TPSA) is 75.1 Å². The van der Waals surface area contributed by atoms with Gasteiger partial charge < -0.3 is 10.4 Å². The van der Waals surface area contributed by atoms with E-state index in [-0.39, 0.29) is 11.7 Å². The van der Waals surface area contributed by atoms with Crippen LogP contribution in [0, 0.1) is 0 Å². The number of benzene rings is 1. The number of aromatic carboxylic acids is 1. The minimum absolute atomic E-state index is 0.0712. The molecule has 5 nitrogen and oxygen atoms in total. The minimum atomic E-state index is -1.10. The summed E-state index contributed by atoms with van der Waals surface area (Å²) in [7, 11) is 0. The molecule has 2 aromatic rings. The lowest BCUT2D eigenvalue weighted by Gasteiger charge is -2.11. The zero-order valence-electron chi connectivity index (χ0n) is 11.1. The fourth-order valence-electron chi connectivity index (χ4n) is 1.69. The molecule has 6 heteroatoms. The summed E-state index contributed by atoms with van der Waals surface area (Å²) in [6, 6.07) is 8.59. The van der Waals surface area contributed by atoms with E-state index in [1.807, 2.05) is 13.8 Å². The molecule has 0 unspecified atom stereocenters. The zero-order chi connectivity index (χ0) is 14.7. The highest BCUT2D eigenvalue weighted by atomic mass is 35.5. The second-order valence-electron chi connectivity index (χ2n) is 4.55. The molecule has 1 aromatic carbocycles. The first-order valence-corrected chi connectivity index (χ1v) is 6.49. The van der Waals surface area contributed by atoms with Crippen LogP contribution in [0.5, 0.6) is 0 Å². The maximum Gasteiger partial charge on any atom is 0.354 e. The zero-order valence-corrected chi connectivity index (χ0v) is 11.8. The van der Waals surface area contributed by atoms with Gasteiger partial charge in [0.05, 0.1) is 5.02 Å². The first kappa shape index (κ1) is 14.3. The van der Waals surface area contributed by atoms with E-state index in [9.17, 15) is 4.79 Å². The van der Waals surface area contributed by atoms with Gasteiger partial charge in [-0.3, -0.25) is 0 Å². The lowest BCUT2D eigenvalue weighted by atomic mass is 10.2. The molecule has 1 aromatic heterocycles. The third-order valence-corrected chi connectivity index (χ3v) is 2.83. The number of aromatic nitrogens is 2. The van der Waals surface area contributed by atoms with Crippen molar-refractivity contribution in [2.24, 2.45) is 0 Å². The van der Waals surface area contributed by atoms with Gasteiger partial charge in [0.25, 0.3) is 0 Å². The van der Waals surface area contributed by atoms with Gasteiger partial charge in [0.1, 0.15) is 5.82 Å². The predicted molar refractivity (Wildman–Crippen MR) is 78.2 cm³/mol. The summed E-state index contributed by atoms with van der Waals surface area (Å²) in [5.41, 5.74) is 0.530. The average Bonchev–Trinajstić information content (AvgIpc) is 2.38. The van der Waals surface area contributed by atoms with Crippen molar-refractivity contribution in [1.29, 1.82) is 0 Å². The molecule has 0 bridgehead atoms. The third-order valence-electron chi connectivity index (χ3n) is 2.50.